The highest BCUT2D eigenvalue weighted by Gasteiger charge is 2.25. The second kappa shape index (κ2) is 16.1. The molecule has 0 amide bonds. The van der Waals surface area contributed by atoms with Gasteiger partial charge in [0.25, 0.3) is 0 Å². The number of anilines is 6. The van der Waals surface area contributed by atoms with Gasteiger partial charge < -0.3 is 20.0 Å². The van der Waals surface area contributed by atoms with Gasteiger partial charge in [-0.05, 0) is 93.0 Å². The fourth-order valence-electron chi connectivity index (χ4n) is 7.50. The van der Waals surface area contributed by atoms with Crippen LogP contribution in [0, 0.1) is 0 Å². The molecule has 0 aliphatic heterocycles. The molecule has 0 saturated carbocycles. The second-order valence-corrected chi connectivity index (χ2v) is 14.2. The predicted molar refractivity (Wildman–Crippen MR) is 241 cm³/mol. The van der Waals surface area contributed by atoms with Crippen LogP contribution in [0.15, 0.2) is 231 Å². The lowest BCUT2D eigenvalue weighted by molar-refractivity contribution is 0.404. The van der Waals surface area contributed by atoms with Crippen molar-refractivity contribution in [2.24, 2.45) is 0 Å². The quantitative estimate of drug-likeness (QED) is 0.137. The largest absolute Gasteiger partial charge is 0.504 e. The molecule has 2 N–H and O–H groups in total. The number of benzene rings is 9. The van der Waals surface area contributed by atoms with Crippen LogP contribution in [0.3, 0.4) is 0 Å². The third-order valence-electron chi connectivity index (χ3n) is 10.5. The van der Waals surface area contributed by atoms with Crippen molar-refractivity contribution in [2.45, 2.75) is 0 Å². The molecular weight excluding hydrogens is 709 g/mol. The molecule has 0 spiro atoms. The maximum atomic E-state index is 11.3. The molecule has 9 rings (SSSR count). The van der Waals surface area contributed by atoms with Gasteiger partial charge in [-0.3, -0.25) is 0 Å². The normalized spacial score (nSPS) is 10.9. The van der Waals surface area contributed by atoms with Gasteiger partial charge in [0.15, 0.2) is 11.5 Å². The molecule has 0 heterocycles. The van der Waals surface area contributed by atoms with Gasteiger partial charge in [-0.2, -0.15) is 0 Å². The van der Waals surface area contributed by atoms with E-state index in [4.69, 9.17) is 0 Å². The molecule has 278 valence electrons. The average Bonchev–Trinajstić information content (AvgIpc) is 3.30. The van der Waals surface area contributed by atoms with Gasteiger partial charge >= 0.3 is 0 Å². The monoisotopic (exact) mass is 748 g/mol. The Labute approximate surface area is 339 Å². The highest BCUT2D eigenvalue weighted by molar-refractivity contribution is 5.94. The Morgan fingerprint density at radius 2 is 0.414 bits per heavy atom. The number of rotatable bonds is 10. The summed E-state index contributed by atoms with van der Waals surface area (Å²) in [5.41, 5.74) is 13.8. The van der Waals surface area contributed by atoms with Crippen molar-refractivity contribution in [1.82, 2.24) is 0 Å². The molecular formula is C54H40N2O2. The lowest BCUT2D eigenvalue weighted by Crippen LogP contribution is -2.17. The van der Waals surface area contributed by atoms with E-state index in [1.54, 1.807) is 12.1 Å². The molecule has 0 aliphatic rings. The van der Waals surface area contributed by atoms with E-state index < -0.39 is 0 Å². The van der Waals surface area contributed by atoms with Gasteiger partial charge in [0, 0.05) is 34.9 Å². The highest BCUT2D eigenvalue weighted by atomic mass is 16.3. The fraction of sp³-hybridized carbons (Fsp3) is 0. The molecule has 4 nitrogen and oxygen atoms in total. The van der Waals surface area contributed by atoms with Gasteiger partial charge in [0.05, 0.1) is 11.4 Å². The van der Waals surface area contributed by atoms with Crippen LogP contribution in [0.4, 0.5) is 34.1 Å². The van der Waals surface area contributed by atoms with Crippen LogP contribution < -0.4 is 9.80 Å². The molecule has 0 saturated heterocycles. The minimum Gasteiger partial charge on any atom is -0.504 e. The van der Waals surface area contributed by atoms with E-state index in [1.165, 1.54) is 0 Å². The van der Waals surface area contributed by atoms with E-state index in [9.17, 15) is 10.2 Å². The number of phenols is 2. The van der Waals surface area contributed by atoms with Crippen molar-refractivity contribution >= 4 is 34.1 Å². The molecule has 58 heavy (non-hydrogen) atoms. The van der Waals surface area contributed by atoms with Crippen LogP contribution >= 0.6 is 0 Å². The van der Waals surface area contributed by atoms with Crippen LogP contribution in [0.1, 0.15) is 0 Å². The zero-order valence-electron chi connectivity index (χ0n) is 31.7. The van der Waals surface area contributed by atoms with Crippen molar-refractivity contribution in [3.63, 3.8) is 0 Å². The summed E-state index contributed by atoms with van der Waals surface area (Å²) in [4.78, 5) is 4.28. The number of nitrogens with zero attached hydrogens (tertiary/aromatic N) is 2. The molecule has 4 heteroatoms. The molecule has 9 aromatic rings. The zero-order valence-corrected chi connectivity index (χ0v) is 31.7. The lowest BCUT2D eigenvalue weighted by atomic mass is 10.0. The van der Waals surface area contributed by atoms with Crippen LogP contribution in [0.2, 0.25) is 0 Å². The maximum Gasteiger partial charge on any atom is 0.159 e. The standard InChI is InChI=1S/C54H40N2O2/c57-53-37-51(55(47-29-21-43(22-30-47)39-13-5-1-6-14-39)48-31-23-44(24-32-48)40-15-7-2-8-16-40)52(38-54(53)58)56(49-33-25-45(26-34-49)41-17-9-3-10-18-41)50-35-27-46(28-36-50)42-19-11-4-12-20-42/h1-38,57-58H. The number of phenolic OH excluding ortho intramolecular Hbond substituents is 2. The summed E-state index contributed by atoms with van der Waals surface area (Å²) < 4.78 is 0. The predicted octanol–water partition coefficient (Wildman–Crippen LogP) is 14.7. The zero-order chi connectivity index (χ0) is 39.3. The molecule has 0 aliphatic carbocycles. The minimum atomic E-state index is -0.218. The first-order valence-electron chi connectivity index (χ1n) is 19.4. The summed E-state index contributed by atoms with van der Waals surface area (Å²) in [7, 11) is 0. The smallest absolute Gasteiger partial charge is 0.159 e. The number of hydrogen-bond donors (Lipinski definition) is 2. The van der Waals surface area contributed by atoms with E-state index >= 15 is 0 Å². The van der Waals surface area contributed by atoms with Gasteiger partial charge in [-0.25, -0.2) is 0 Å². The Hall–Kier alpha value is -7.82. The van der Waals surface area contributed by atoms with Crippen LogP contribution in [-0.2, 0) is 0 Å². The Bertz CT molecular complexity index is 2380. The summed E-state index contributed by atoms with van der Waals surface area (Å²) in [5, 5.41) is 22.6. The summed E-state index contributed by atoms with van der Waals surface area (Å²) in [6.45, 7) is 0. The van der Waals surface area contributed by atoms with Crippen molar-refractivity contribution in [3.05, 3.63) is 231 Å². The van der Waals surface area contributed by atoms with Crippen molar-refractivity contribution in [1.29, 1.82) is 0 Å². The topological polar surface area (TPSA) is 46.9 Å². The summed E-state index contributed by atoms with van der Waals surface area (Å²) in [5.74, 6) is -0.436. The highest BCUT2D eigenvalue weighted by Crippen LogP contribution is 2.50. The third kappa shape index (κ3) is 7.43. The van der Waals surface area contributed by atoms with E-state index in [-0.39, 0.29) is 11.5 Å². The molecule has 0 unspecified atom stereocenters. The Kier molecular flexibility index (Phi) is 9.96. The molecule has 0 aromatic heterocycles. The number of aromatic hydroxyl groups is 2. The number of hydrogen-bond acceptors (Lipinski definition) is 4. The van der Waals surface area contributed by atoms with Crippen molar-refractivity contribution in [3.8, 4) is 56.0 Å². The van der Waals surface area contributed by atoms with Crippen molar-refractivity contribution in [2.75, 3.05) is 9.80 Å². The van der Waals surface area contributed by atoms with Crippen LogP contribution in [0.5, 0.6) is 11.5 Å². The Morgan fingerprint density at radius 1 is 0.224 bits per heavy atom. The molecule has 9 aromatic carbocycles. The first-order valence-corrected chi connectivity index (χ1v) is 19.4. The van der Waals surface area contributed by atoms with E-state index in [0.717, 1.165) is 67.3 Å². The van der Waals surface area contributed by atoms with Crippen LogP contribution in [-0.4, -0.2) is 10.2 Å². The van der Waals surface area contributed by atoms with Gasteiger partial charge in [0.1, 0.15) is 0 Å². The molecule has 0 radical (unpaired) electrons. The maximum absolute atomic E-state index is 11.3. The second-order valence-electron chi connectivity index (χ2n) is 14.2. The summed E-state index contributed by atoms with van der Waals surface area (Å²) in [6, 6.07) is 78.4. The average molecular weight is 749 g/mol. The SMILES string of the molecule is Oc1cc(N(c2ccc(-c3ccccc3)cc2)c2ccc(-c3ccccc3)cc2)c(N(c2ccc(-c3ccccc3)cc2)c2ccc(-c3ccccc3)cc2)cc1O. The Morgan fingerprint density at radius 3 is 0.621 bits per heavy atom. The first kappa shape index (κ1) is 35.9. The van der Waals surface area contributed by atoms with E-state index in [1.807, 2.05) is 72.8 Å². The van der Waals surface area contributed by atoms with E-state index in [0.29, 0.717) is 11.4 Å². The van der Waals surface area contributed by atoms with Crippen molar-refractivity contribution < 1.29 is 10.2 Å². The van der Waals surface area contributed by atoms with Gasteiger partial charge in [0.2, 0.25) is 0 Å². The first-order chi connectivity index (χ1) is 28.6. The van der Waals surface area contributed by atoms with Crippen LogP contribution in [0.25, 0.3) is 44.5 Å². The summed E-state index contributed by atoms with van der Waals surface area (Å²) >= 11 is 0. The summed E-state index contributed by atoms with van der Waals surface area (Å²) in [6.07, 6.45) is 0. The van der Waals surface area contributed by atoms with Gasteiger partial charge in [-0.15, -0.1) is 0 Å². The lowest BCUT2D eigenvalue weighted by Gasteiger charge is -2.33. The Balaban J connectivity index is 1.23. The fourth-order valence-corrected chi connectivity index (χ4v) is 7.50. The third-order valence-corrected chi connectivity index (χ3v) is 10.5. The minimum absolute atomic E-state index is 0.218. The molecule has 0 bridgehead atoms. The molecule has 0 fully saturated rings. The molecule has 0 atom stereocenters. The van der Waals surface area contributed by atoms with E-state index in [2.05, 4.69) is 155 Å². The van der Waals surface area contributed by atoms with Gasteiger partial charge in [-0.1, -0.05) is 170 Å².